The summed E-state index contributed by atoms with van der Waals surface area (Å²) in [5.74, 6) is 0.121. The van der Waals surface area contributed by atoms with Gasteiger partial charge in [-0.1, -0.05) is 25.1 Å². The van der Waals surface area contributed by atoms with Crippen molar-refractivity contribution in [1.29, 1.82) is 0 Å². The average Bonchev–Trinajstić information content (AvgIpc) is 2.60. The van der Waals surface area contributed by atoms with Crippen LogP contribution < -0.4 is 14.8 Å². The summed E-state index contributed by atoms with van der Waals surface area (Å²) in [7, 11) is -2.39. The summed E-state index contributed by atoms with van der Waals surface area (Å²) < 4.78 is 33.3. The molecular formula is C18H22N2O4S. The minimum absolute atomic E-state index is 0.0579. The van der Waals surface area contributed by atoms with Crippen molar-refractivity contribution in [2.24, 2.45) is 0 Å². The molecule has 0 spiro atoms. The van der Waals surface area contributed by atoms with Crippen LogP contribution in [0.5, 0.6) is 5.75 Å². The summed E-state index contributed by atoms with van der Waals surface area (Å²) in [6, 6.07) is 11.4. The van der Waals surface area contributed by atoms with Crippen LogP contribution in [0.25, 0.3) is 0 Å². The summed E-state index contributed by atoms with van der Waals surface area (Å²) in [6.45, 7) is 4.17. The molecule has 0 saturated carbocycles. The molecule has 6 nitrogen and oxygen atoms in total. The Balaban J connectivity index is 2.37. The van der Waals surface area contributed by atoms with Crippen LogP contribution in [-0.4, -0.2) is 28.0 Å². The number of amides is 1. The van der Waals surface area contributed by atoms with Gasteiger partial charge in [-0.3, -0.25) is 9.52 Å². The third-order valence-electron chi connectivity index (χ3n) is 3.63. The van der Waals surface area contributed by atoms with Crippen LogP contribution in [0.1, 0.15) is 29.3 Å². The largest absolute Gasteiger partial charge is 0.495 e. The van der Waals surface area contributed by atoms with Crippen molar-refractivity contribution in [3.8, 4) is 5.75 Å². The molecule has 0 atom stereocenters. The van der Waals surface area contributed by atoms with Crippen LogP contribution in [0.4, 0.5) is 5.69 Å². The van der Waals surface area contributed by atoms with Gasteiger partial charge in [0.1, 0.15) is 5.75 Å². The zero-order chi connectivity index (χ0) is 18.4. The first-order valence-corrected chi connectivity index (χ1v) is 9.42. The second kappa shape index (κ2) is 8.02. The molecule has 0 heterocycles. The first-order valence-electron chi connectivity index (χ1n) is 7.93. The predicted molar refractivity (Wildman–Crippen MR) is 97.6 cm³/mol. The topological polar surface area (TPSA) is 84.5 Å². The van der Waals surface area contributed by atoms with E-state index in [2.05, 4.69) is 10.0 Å². The maximum atomic E-state index is 12.8. The summed E-state index contributed by atoms with van der Waals surface area (Å²) in [5, 5.41) is 2.74. The highest BCUT2D eigenvalue weighted by molar-refractivity contribution is 7.92. The fraction of sp³-hybridized carbons (Fsp3) is 0.278. The number of nitrogens with one attached hydrogen (secondary N) is 2. The second-order valence-corrected chi connectivity index (χ2v) is 7.19. The van der Waals surface area contributed by atoms with Gasteiger partial charge < -0.3 is 10.1 Å². The predicted octanol–water partition coefficient (Wildman–Crippen LogP) is 2.94. The minimum Gasteiger partial charge on any atom is -0.495 e. The molecule has 2 aromatic rings. The number of hydrogen-bond acceptors (Lipinski definition) is 4. The van der Waals surface area contributed by atoms with Crippen molar-refractivity contribution >= 4 is 21.6 Å². The van der Waals surface area contributed by atoms with Gasteiger partial charge in [0.2, 0.25) is 0 Å². The Labute approximate surface area is 148 Å². The van der Waals surface area contributed by atoms with Gasteiger partial charge >= 0.3 is 0 Å². The van der Waals surface area contributed by atoms with Crippen molar-refractivity contribution < 1.29 is 17.9 Å². The molecule has 0 aliphatic rings. The lowest BCUT2D eigenvalue weighted by molar-refractivity contribution is 0.0953. The number of ether oxygens (including phenoxy) is 1. The number of carbonyl (C=O) groups is 1. The van der Waals surface area contributed by atoms with Crippen LogP contribution in [0, 0.1) is 6.92 Å². The lowest BCUT2D eigenvalue weighted by atomic mass is 10.1. The van der Waals surface area contributed by atoms with Crippen molar-refractivity contribution in [2.75, 3.05) is 18.4 Å². The van der Waals surface area contributed by atoms with E-state index in [-0.39, 0.29) is 10.8 Å². The lowest BCUT2D eigenvalue weighted by Gasteiger charge is -2.14. The minimum atomic E-state index is -3.86. The fourth-order valence-electron chi connectivity index (χ4n) is 2.30. The molecule has 0 aliphatic carbocycles. The van der Waals surface area contributed by atoms with Gasteiger partial charge in [0.05, 0.1) is 17.7 Å². The van der Waals surface area contributed by atoms with Crippen LogP contribution >= 0.6 is 0 Å². The molecule has 2 aromatic carbocycles. The highest BCUT2D eigenvalue weighted by Gasteiger charge is 2.20. The Morgan fingerprint density at radius 1 is 1.16 bits per heavy atom. The van der Waals surface area contributed by atoms with E-state index in [1.807, 2.05) is 6.92 Å². The average molecular weight is 362 g/mol. The first-order chi connectivity index (χ1) is 11.9. The maximum Gasteiger partial charge on any atom is 0.262 e. The molecule has 0 unspecified atom stereocenters. The smallest absolute Gasteiger partial charge is 0.262 e. The van der Waals surface area contributed by atoms with Crippen molar-refractivity contribution in [3.05, 3.63) is 53.6 Å². The highest BCUT2D eigenvalue weighted by Crippen LogP contribution is 2.27. The molecule has 2 rings (SSSR count). The first kappa shape index (κ1) is 18.8. The Bertz CT molecular complexity index is 863. The molecule has 0 radical (unpaired) electrons. The standard InChI is InChI=1S/C18H22N2O4S/c1-4-11-19-18(21)14-10-9-13(2)17(12-14)25(22,23)20-15-7-5-6-8-16(15)24-3/h5-10,12,20H,4,11H2,1-3H3,(H,19,21). The van der Waals surface area contributed by atoms with E-state index in [1.54, 1.807) is 43.3 Å². The molecule has 0 aliphatic heterocycles. The molecule has 134 valence electrons. The zero-order valence-corrected chi connectivity index (χ0v) is 15.3. The van der Waals surface area contributed by atoms with Gasteiger partial charge in [-0.15, -0.1) is 0 Å². The summed E-state index contributed by atoms with van der Waals surface area (Å²) in [6.07, 6.45) is 0.804. The SMILES string of the molecule is CCCNC(=O)c1ccc(C)c(S(=O)(=O)Nc2ccccc2OC)c1. The number of benzene rings is 2. The van der Waals surface area contributed by atoms with E-state index in [0.29, 0.717) is 29.1 Å². The molecular weight excluding hydrogens is 340 g/mol. The second-order valence-electron chi connectivity index (χ2n) is 5.54. The quantitative estimate of drug-likeness (QED) is 0.793. The molecule has 0 aromatic heterocycles. The number of sulfonamides is 1. The van der Waals surface area contributed by atoms with E-state index in [9.17, 15) is 13.2 Å². The van der Waals surface area contributed by atoms with E-state index in [4.69, 9.17) is 4.74 Å². The van der Waals surface area contributed by atoms with Gasteiger partial charge in [0, 0.05) is 12.1 Å². The van der Waals surface area contributed by atoms with Gasteiger partial charge in [-0.25, -0.2) is 8.42 Å². The molecule has 0 fully saturated rings. The van der Waals surface area contributed by atoms with Crippen LogP contribution in [-0.2, 0) is 10.0 Å². The summed E-state index contributed by atoms with van der Waals surface area (Å²) in [5.41, 5.74) is 1.19. The molecule has 0 saturated heterocycles. The molecule has 2 N–H and O–H groups in total. The van der Waals surface area contributed by atoms with Crippen LogP contribution in [0.3, 0.4) is 0 Å². The van der Waals surface area contributed by atoms with E-state index in [0.717, 1.165) is 6.42 Å². The van der Waals surface area contributed by atoms with E-state index in [1.165, 1.54) is 13.2 Å². The number of rotatable bonds is 7. The number of aryl methyl sites for hydroxylation is 1. The Hall–Kier alpha value is -2.54. The van der Waals surface area contributed by atoms with Crippen LogP contribution in [0.2, 0.25) is 0 Å². The Morgan fingerprint density at radius 2 is 1.88 bits per heavy atom. The number of anilines is 1. The molecule has 7 heteroatoms. The lowest BCUT2D eigenvalue weighted by Crippen LogP contribution is -2.24. The Morgan fingerprint density at radius 3 is 2.56 bits per heavy atom. The fourth-order valence-corrected chi connectivity index (χ4v) is 3.64. The summed E-state index contributed by atoms with van der Waals surface area (Å²) >= 11 is 0. The maximum absolute atomic E-state index is 12.8. The third kappa shape index (κ3) is 4.51. The van der Waals surface area contributed by atoms with Gasteiger partial charge in [0.25, 0.3) is 15.9 Å². The van der Waals surface area contributed by atoms with Crippen molar-refractivity contribution in [1.82, 2.24) is 5.32 Å². The van der Waals surface area contributed by atoms with E-state index < -0.39 is 10.0 Å². The number of carbonyl (C=O) groups excluding carboxylic acids is 1. The molecule has 1 amide bonds. The zero-order valence-electron chi connectivity index (χ0n) is 14.5. The van der Waals surface area contributed by atoms with Gasteiger partial charge in [-0.05, 0) is 43.2 Å². The monoisotopic (exact) mass is 362 g/mol. The third-order valence-corrected chi connectivity index (χ3v) is 5.13. The van der Waals surface area contributed by atoms with Gasteiger partial charge in [-0.2, -0.15) is 0 Å². The normalized spacial score (nSPS) is 11.0. The molecule has 0 bridgehead atoms. The highest BCUT2D eigenvalue weighted by atomic mass is 32.2. The van der Waals surface area contributed by atoms with Gasteiger partial charge in [0.15, 0.2) is 0 Å². The number of hydrogen-bond donors (Lipinski definition) is 2. The van der Waals surface area contributed by atoms with Crippen LogP contribution in [0.15, 0.2) is 47.4 Å². The number of methoxy groups -OCH3 is 1. The van der Waals surface area contributed by atoms with Crippen molar-refractivity contribution in [2.45, 2.75) is 25.2 Å². The Kier molecular flexibility index (Phi) is 6.03. The summed E-state index contributed by atoms with van der Waals surface area (Å²) in [4.78, 5) is 12.2. The molecule has 25 heavy (non-hydrogen) atoms. The number of para-hydroxylation sites is 2. The van der Waals surface area contributed by atoms with E-state index >= 15 is 0 Å². The van der Waals surface area contributed by atoms with Crippen molar-refractivity contribution in [3.63, 3.8) is 0 Å².